The first kappa shape index (κ1) is 21.0. The second-order valence-electron chi connectivity index (χ2n) is 8.28. The lowest BCUT2D eigenvalue weighted by Crippen LogP contribution is -2.28. The topological polar surface area (TPSA) is 68.0 Å². The van der Waals surface area contributed by atoms with E-state index in [4.69, 9.17) is 5.73 Å². The van der Waals surface area contributed by atoms with Gasteiger partial charge in [-0.3, -0.25) is 4.79 Å². The van der Waals surface area contributed by atoms with Gasteiger partial charge >= 0.3 is 0 Å². The summed E-state index contributed by atoms with van der Waals surface area (Å²) in [6, 6.07) is 0.338. The molecule has 28 heavy (non-hydrogen) atoms. The molecule has 4 nitrogen and oxygen atoms in total. The van der Waals surface area contributed by atoms with Gasteiger partial charge in [-0.15, -0.1) is 11.3 Å². The zero-order valence-electron chi connectivity index (χ0n) is 16.8. The van der Waals surface area contributed by atoms with Crippen molar-refractivity contribution in [3.63, 3.8) is 0 Å². The molecule has 2 fully saturated rings. The molecule has 3 rings (SSSR count). The number of halogens is 1. The highest BCUT2D eigenvalue weighted by Crippen LogP contribution is 2.37. The zero-order valence-corrected chi connectivity index (χ0v) is 17.6. The van der Waals surface area contributed by atoms with Gasteiger partial charge in [0.25, 0.3) is 0 Å². The number of rotatable bonds is 8. The van der Waals surface area contributed by atoms with Crippen LogP contribution in [0.1, 0.15) is 79.4 Å². The summed E-state index contributed by atoms with van der Waals surface area (Å²) in [5.41, 5.74) is 7.36. The Kier molecular flexibility index (Phi) is 7.65. The number of hydrogen-bond donors (Lipinski definition) is 2. The number of alkyl halides is 1. The number of nitrogens with one attached hydrogen (secondary N) is 1. The van der Waals surface area contributed by atoms with E-state index in [1.165, 1.54) is 43.2 Å². The molecular weight excluding hydrogens is 373 g/mol. The fourth-order valence-corrected chi connectivity index (χ4v) is 5.29. The Morgan fingerprint density at radius 3 is 2.64 bits per heavy atom. The fraction of sp³-hybridized carbons (Fsp3) is 0.636. The van der Waals surface area contributed by atoms with Crippen LogP contribution in [-0.4, -0.2) is 23.5 Å². The van der Waals surface area contributed by atoms with Crippen molar-refractivity contribution in [2.45, 2.75) is 70.8 Å². The quantitative estimate of drug-likeness (QED) is 0.353. The third kappa shape index (κ3) is 5.43. The number of Topliss-reactive ketones (excluding diaryl/α,β-unsaturated/α-hetero) is 1. The minimum absolute atomic E-state index is 0.109. The summed E-state index contributed by atoms with van der Waals surface area (Å²) in [6.45, 7) is 1.66. The van der Waals surface area contributed by atoms with E-state index in [0.29, 0.717) is 29.1 Å². The lowest BCUT2D eigenvalue weighted by Gasteiger charge is -2.31. The standard InChI is InChI=1S/C22H32FN3OS/c1-15-10-16(11-15)12-20(27)22-25-14-21(28-22)18(13-24)19(8-9-23)26-17-6-4-2-3-5-7-17/h8,13-17,26H,2-7,9-12,24H2,1H3/b18-13+,19-8+. The summed E-state index contributed by atoms with van der Waals surface area (Å²) in [4.78, 5) is 17.7. The molecule has 2 aliphatic carbocycles. The number of nitrogens with two attached hydrogens (primary N) is 1. The number of thiazole rings is 1. The average Bonchev–Trinajstić information content (AvgIpc) is 2.99. The van der Waals surface area contributed by atoms with Gasteiger partial charge < -0.3 is 11.1 Å². The van der Waals surface area contributed by atoms with E-state index in [0.717, 1.165) is 42.1 Å². The Bertz CT molecular complexity index is 713. The number of nitrogens with zero attached hydrogens (tertiary/aromatic N) is 1. The van der Waals surface area contributed by atoms with Gasteiger partial charge in [0.2, 0.25) is 0 Å². The SMILES string of the molecule is CC1CC(CC(=O)c2ncc(C(=C/N)/C(=C\CF)NC3CCCCCC3)s2)C1. The Labute approximate surface area is 171 Å². The molecule has 0 atom stereocenters. The third-order valence-corrected chi connectivity index (χ3v) is 6.98. The van der Waals surface area contributed by atoms with Crippen LogP contribution in [0.25, 0.3) is 5.57 Å². The van der Waals surface area contributed by atoms with Gasteiger partial charge in [-0.1, -0.05) is 32.6 Å². The summed E-state index contributed by atoms with van der Waals surface area (Å²) < 4.78 is 13.2. The molecule has 0 amide bonds. The molecule has 2 aliphatic rings. The molecule has 0 saturated heterocycles. The van der Waals surface area contributed by atoms with Gasteiger partial charge in [-0.05, 0) is 43.6 Å². The van der Waals surface area contributed by atoms with Crippen molar-refractivity contribution in [1.29, 1.82) is 0 Å². The maximum atomic E-state index is 13.2. The van der Waals surface area contributed by atoms with Crippen molar-refractivity contribution < 1.29 is 9.18 Å². The number of ketones is 1. The summed E-state index contributed by atoms with van der Waals surface area (Å²) in [7, 11) is 0. The Morgan fingerprint density at radius 2 is 2.04 bits per heavy atom. The molecule has 0 radical (unpaired) electrons. The van der Waals surface area contributed by atoms with Crippen molar-refractivity contribution in [2.24, 2.45) is 17.6 Å². The van der Waals surface area contributed by atoms with E-state index < -0.39 is 6.67 Å². The summed E-state index contributed by atoms with van der Waals surface area (Å²) >= 11 is 1.36. The maximum absolute atomic E-state index is 13.2. The van der Waals surface area contributed by atoms with Gasteiger partial charge in [-0.2, -0.15) is 0 Å². The molecule has 3 N–H and O–H groups in total. The van der Waals surface area contributed by atoms with Gasteiger partial charge in [0.15, 0.2) is 10.8 Å². The first-order chi connectivity index (χ1) is 13.6. The van der Waals surface area contributed by atoms with Crippen LogP contribution in [0, 0.1) is 11.8 Å². The number of carbonyl (C=O) groups excluding carboxylic acids is 1. The predicted molar refractivity (Wildman–Crippen MR) is 114 cm³/mol. The molecule has 2 saturated carbocycles. The minimum Gasteiger partial charge on any atom is -0.404 e. The van der Waals surface area contributed by atoms with Gasteiger partial charge in [0.1, 0.15) is 6.67 Å². The van der Waals surface area contributed by atoms with E-state index in [1.807, 2.05) is 0 Å². The van der Waals surface area contributed by atoms with Crippen molar-refractivity contribution in [1.82, 2.24) is 10.3 Å². The van der Waals surface area contributed by atoms with Crippen molar-refractivity contribution in [3.8, 4) is 0 Å². The molecule has 154 valence electrons. The fourth-order valence-electron chi connectivity index (χ4n) is 4.38. The molecule has 0 aromatic carbocycles. The monoisotopic (exact) mass is 405 g/mol. The van der Waals surface area contributed by atoms with E-state index in [1.54, 1.807) is 12.3 Å². The summed E-state index contributed by atoms with van der Waals surface area (Å²) in [5, 5.41) is 4.04. The Balaban J connectivity index is 1.69. The molecule has 0 unspecified atom stereocenters. The van der Waals surface area contributed by atoms with Crippen LogP contribution >= 0.6 is 11.3 Å². The summed E-state index contributed by atoms with van der Waals surface area (Å²) in [6.07, 6.45) is 14.7. The van der Waals surface area contributed by atoms with Crippen LogP contribution in [0.5, 0.6) is 0 Å². The van der Waals surface area contributed by atoms with Crippen molar-refractivity contribution >= 4 is 22.7 Å². The molecule has 1 aromatic heterocycles. The second kappa shape index (κ2) is 10.2. The summed E-state index contributed by atoms with van der Waals surface area (Å²) in [5.74, 6) is 1.34. The minimum atomic E-state index is -0.559. The van der Waals surface area contributed by atoms with E-state index >= 15 is 0 Å². The van der Waals surface area contributed by atoms with Crippen LogP contribution in [-0.2, 0) is 0 Å². The number of hydrogen-bond acceptors (Lipinski definition) is 5. The number of carbonyl (C=O) groups is 1. The molecule has 1 aromatic rings. The highest BCUT2D eigenvalue weighted by atomic mass is 32.1. The van der Waals surface area contributed by atoms with Gasteiger partial charge in [0, 0.05) is 36.1 Å². The largest absolute Gasteiger partial charge is 0.404 e. The van der Waals surface area contributed by atoms with Crippen LogP contribution < -0.4 is 11.1 Å². The lowest BCUT2D eigenvalue weighted by molar-refractivity contribution is 0.0905. The van der Waals surface area contributed by atoms with Crippen LogP contribution in [0.4, 0.5) is 4.39 Å². The molecule has 0 spiro atoms. The maximum Gasteiger partial charge on any atom is 0.191 e. The highest BCUT2D eigenvalue weighted by molar-refractivity contribution is 7.14. The van der Waals surface area contributed by atoms with E-state index in [9.17, 15) is 9.18 Å². The average molecular weight is 406 g/mol. The molecule has 1 heterocycles. The van der Waals surface area contributed by atoms with Gasteiger partial charge in [0.05, 0.1) is 4.88 Å². The zero-order chi connectivity index (χ0) is 19.9. The van der Waals surface area contributed by atoms with Crippen molar-refractivity contribution in [2.75, 3.05) is 6.67 Å². The van der Waals surface area contributed by atoms with E-state index in [2.05, 4.69) is 17.2 Å². The normalized spacial score (nSPS) is 24.5. The van der Waals surface area contributed by atoms with E-state index in [-0.39, 0.29) is 5.78 Å². The highest BCUT2D eigenvalue weighted by Gasteiger charge is 2.28. The molecule has 0 aliphatic heterocycles. The van der Waals surface area contributed by atoms with Crippen molar-refractivity contribution in [3.05, 3.63) is 34.1 Å². The molecular formula is C22H32FN3OS. The van der Waals surface area contributed by atoms with Crippen LogP contribution in [0.2, 0.25) is 0 Å². The smallest absolute Gasteiger partial charge is 0.191 e. The Hall–Kier alpha value is -1.69. The van der Waals surface area contributed by atoms with Crippen LogP contribution in [0.3, 0.4) is 0 Å². The number of aromatic nitrogens is 1. The lowest BCUT2D eigenvalue weighted by atomic mass is 9.74. The molecule has 0 bridgehead atoms. The Morgan fingerprint density at radius 1 is 1.32 bits per heavy atom. The third-order valence-electron chi connectivity index (χ3n) is 5.91. The molecule has 6 heteroatoms. The predicted octanol–water partition coefficient (Wildman–Crippen LogP) is 5.23. The van der Waals surface area contributed by atoms with Gasteiger partial charge in [-0.25, -0.2) is 9.37 Å². The first-order valence-corrected chi connectivity index (χ1v) is 11.4. The van der Waals surface area contributed by atoms with Crippen LogP contribution in [0.15, 0.2) is 24.2 Å². The second-order valence-corrected chi connectivity index (χ2v) is 9.32. The number of allylic oxidation sites excluding steroid dienone is 2. The first-order valence-electron chi connectivity index (χ1n) is 10.5.